The molecule has 0 aliphatic heterocycles. The molecule has 2 heteroatoms. The van der Waals surface area contributed by atoms with Crippen molar-refractivity contribution in [1.82, 2.24) is 5.32 Å². The second-order valence-corrected chi connectivity index (χ2v) is 7.17. The summed E-state index contributed by atoms with van der Waals surface area (Å²) in [5.41, 5.74) is 1.30. The van der Waals surface area contributed by atoms with Crippen molar-refractivity contribution in [3.63, 3.8) is 0 Å². The van der Waals surface area contributed by atoms with E-state index in [1.807, 2.05) is 6.07 Å². The topological polar surface area (TPSA) is 32.3 Å². The lowest BCUT2D eigenvalue weighted by Gasteiger charge is -2.39. The van der Waals surface area contributed by atoms with Crippen molar-refractivity contribution in [2.75, 3.05) is 6.61 Å². The number of aliphatic hydroxyl groups is 1. The third-order valence-electron chi connectivity index (χ3n) is 5.02. The SMILES string of the molecule is CC1CCC(C(C)C)C(N[C@H](CO)Cc2ccccc2)C1. The largest absolute Gasteiger partial charge is 0.395 e. The van der Waals surface area contributed by atoms with Gasteiger partial charge in [-0.3, -0.25) is 0 Å². The minimum Gasteiger partial charge on any atom is -0.395 e. The average Bonchev–Trinajstić information content (AvgIpc) is 2.47. The van der Waals surface area contributed by atoms with Gasteiger partial charge in [-0.25, -0.2) is 0 Å². The van der Waals surface area contributed by atoms with Crippen molar-refractivity contribution in [1.29, 1.82) is 0 Å². The highest BCUT2D eigenvalue weighted by Gasteiger charge is 2.31. The average molecular weight is 289 g/mol. The molecule has 1 fully saturated rings. The Kier molecular flexibility index (Phi) is 6.25. The molecule has 0 amide bonds. The summed E-state index contributed by atoms with van der Waals surface area (Å²) in [6.45, 7) is 7.24. The maximum Gasteiger partial charge on any atom is 0.0587 e. The van der Waals surface area contributed by atoms with Gasteiger partial charge in [0, 0.05) is 12.1 Å². The van der Waals surface area contributed by atoms with E-state index in [1.54, 1.807) is 0 Å². The highest BCUT2D eigenvalue weighted by atomic mass is 16.3. The Bertz CT molecular complexity index is 403. The van der Waals surface area contributed by atoms with Crippen molar-refractivity contribution in [3.05, 3.63) is 35.9 Å². The first kappa shape index (κ1) is 16.5. The summed E-state index contributed by atoms with van der Waals surface area (Å²) >= 11 is 0. The minimum absolute atomic E-state index is 0.170. The van der Waals surface area contributed by atoms with Gasteiger partial charge in [-0.05, 0) is 42.6 Å². The Morgan fingerprint density at radius 2 is 1.90 bits per heavy atom. The first-order valence-corrected chi connectivity index (χ1v) is 8.51. The van der Waals surface area contributed by atoms with Crippen molar-refractivity contribution < 1.29 is 5.11 Å². The van der Waals surface area contributed by atoms with Crippen LogP contribution in [0.3, 0.4) is 0 Å². The molecule has 21 heavy (non-hydrogen) atoms. The molecule has 1 aliphatic carbocycles. The van der Waals surface area contributed by atoms with Crippen LogP contribution in [0.15, 0.2) is 30.3 Å². The second-order valence-electron chi connectivity index (χ2n) is 7.17. The fourth-order valence-electron chi connectivity index (χ4n) is 3.77. The Balaban J connectivity index is 1.98. The molecule has 2 N–H and O–H groups in total. The van der Waals surface area contributed by atoms with Crippen LogP contribution >= 0.6 is 0 Å². The van der Waals surface area contributed by atoms with E-state index < -0.39 is 0 Å². The maximum atomic E-state index is 9.75. The molecule has 1 saturated carbocycles. The first-order valence-electron chi connectivity index (χ1n) is 8.51. The predicted octanol–water partition coefficient (Wildman–Crippen LogP) is 3.64. The zero-order valence-corrected chi connectivity index (χ0v) is 13.8. The molecule has 1 aliphatic rings. The summed E-state index contributed by atoms with van der Waals surface area (Å²) in [7, 11) is 0. The van der Waals surface area contributed by atoms with E-state index in [0.717, 1.165) is 18.3 Å². The molecule has 0 aromatic heterocycles. The van der Waals surface area contributed by atoms with Crippen LogP contribution in [-0.4, -0.2) is 23.8 Å². The molecule has 118 valence electrons. The van der Waals surface area contributed by atoms with Crippen LogP contribution in [0.2, 0.25) is 0 Å². The second kappa shape index (κ2) is 7.95. The molecule has 0 bridgehead atoms. The molecular formula is C19H31NO. The van der Waals surface area contributed by atoms with Crippen LogP contribution in [0.1, 0.15) is 45.6 Å². The highest BCUT2D eigenvalue weighted by Crippen LogP contribution is 2.33. The van der Waals surface area contributed by atoms with Gasteiger partial charge in [0.1, 0.15) is 0 Å². The molecule has 0 heterocycles. The van der Waals surface area contributed by atoms with E-state index in [4.69, 9.17) is 0 Å². The summed E-state index contributed by atoms with van der Waals surface area (Å²) in [6.07, 6.45) is 4.82. The normalized spacial score (nSPS) is 27.8. The Morgan fingerprint density at radius 3 is 2.52 bits per heavy atom. The van der Waals surface area contributed by atoms with E-state index >= 15 is 0 Å². The maximum absolute atomic E-state index is 9.75. The number of nitrogens with one attached hydrogen (secondary N) is 1. The van der Waals surface area contributed by atoms with Gasteiger partial charge in [-0.15, -0.1) is 0 Å². The standard InChI is InChI=1S/C19H31NO/c1-14(2)18-10-9-15(3)11-19(18)20-17(13-21)12-16-7-5-4-6-8-16/h4-8,14-15,17-21H,9-13H2,1-3H3/t15?,17-,18?,19?/m0/s1. The van der Waals surface area contributed by atoms with Crippen molar-refractivity contribution in [2.45, 2.75) is 58.5 Å². The number of hydrogen-bond donors (Lipinski definition) is 2. The van der Waals surface area contributed by atoms with Gasteiger partial charge in [-0.1, -0.05) is 57.5 Å². The molecule has 1 aromatic rings. The molecule has 2 rings (SSSR count). The highest BCUT2D eigenvalue weighted by molar-refractivity contribution is 5.16. The first-order chi connectivity index (χ1) is 10.1. The number of benzene rings is 1. The third kappa shape index (κ3) is 4.82. The van der Waals surface area contributed by atoms with Crippen LogP contribution in [0.5, 0.6) is 0 Å². The number of aliphatic hydroxyl groups excluding tert-OH is 1. The van der Waals surface area contributed by atoms with E-state index in [0.29, 0.717) is 12.0 Å². The van der Waals surface area contributed by atoms with E-state index in [2.05, 4.69) is 50.4 Å². The Morgan fingerprint density at radius 1 is 1.19 bits per heavy atom. The van der Waals surface area contributed by atoms with Crippen LogP contribution in [0.25, 0.3) is 0 Å². The summed E-state index contributed by atoms with van der Waals surface area (Å²) in [6, 6.07) is 11.2. The molecule has 1 aromatic carbocycles. The molecule has 0 saturated heterocycles. The smallest absolute Gasteiger partial charge is 0.0587 e. The molecular weight excluding hydrogens is 258 g/mol. The fourth-order valence-corrected chi connectivity index (χ4v) is 3.77. The van der Waals surface area contributed by atoms with Gasteiger partial charge in [0.25, 0.3) is 0 Å². The molecule has 0 spiro atoms. The third-order valence-corrected chi connectivity index (χ3v) is 5.02. The van der Waals surface area contributed by atoms with E-state index in [9.17, 15) is 5.11 Å². The zero-order valence-electron chi connectivity index (χ0n) is 13.8. The van der Waals surface area contributed by atoms with Gasteiger partial charge in [0.05, 0.1) is 6.61 Å². The predicted molar refractivity (Wildman–Crippen MR) is 89.3 cm³/mol. The monoisotopic (exact) mass is 289 g/mol. The van der Waals surface area contributed by atoms with Gasteiger partial charge in [0.2, 0.25) is 0 Å². The Labute approximate surface area is 130 Å². The van der Waals surface area contributed by atoms with Crippen molar-refractivity contribution in [3.8, 4) is 0 Å². The summed E-state index contributed by atoms with van der Waals surface area (Å²) in [5, 5.41) is 13.5. The van der Waals surface area contributed by atoms with Crippen LogP contribution in [-0.2, 0) is 6.42 Å². The quantitative estimate of drug-likeness (QED) is 0.838. The van der Waals surface area contributed by atoms with Gasteiger partial charge < -0.3 is 10.4 Å². The number of hydrogen-bond acceptors (Lipinski definition) is 2. The van der Waals surface area contributed by atoms with Gasteiger partial charge >= 0.3 is 0 Å². The fraction of sp³-hybridized carbons (Fsp3) is 0.684. The zero-order chi connectivity index (χ0) is 15.2. The van der Waals surface area contributed by atoms with Gasteiger partial charge in [0.15, 0.2) is 0 Å². The Hall–Kier alpha value is -0.860. The lowest BCUT2D eigenvalue weighted by atomic mass is 9.73. The van der Waals surface area contributed by atoms with Crippen LogP contribution < -0.4 is 5.32 Å². The summed E-state index contributed by atoms with van der Waals surface area (Å²) in [4.78, 5) is 0. The summed E-state index contributed by atoms with van der Waals surface area (Å²) < 4.78 is 0. The molecule has 2 nitrogen and oxygen atoms in total. The molecule has 3 unspecified atom stereocenters. The molecule has 4 atom stereocenters. The van der Waals surface area contributed by atoms with Gasteiger partial charge in [-0.2, -0.15) is 0 Å². The van der Waals surface area contributed by atoms with E-state index in [1.165, 1.54) is 24.8 Å². The van der Waals surface area contributed by atoms with Crippen LogP contribution in [0, 0.1) is 17.8 Å². The molecule has 0 radical (unpaired) electrons. The lowest BCUT2D eigenvalue weighted by Crippen LogP contribution is -2.49. The summed E-state index contributed by atoms with van der Waals surface area (Å²) in [5.74, 6) is 2.26. The minimum atomic E-state index is 0.170. The van der Waals surface area contributed by atoms with Crippen molar-refractivity contribution >= 4 is 0 Å². The lowest BCUT2D eigenvalue weighted by molar-refractivity contribution is 0.139. The van der Waals surface area contributed by atoms with Crippen molar-refractivity contribution in [2.24, 2.45) is 17.8 Å². The van der Waals surface area contributed by atoms with Crippen LogP contribution in [0.4, 0.5) is 0 Å². The van der Waals surface area contributed by atoms with E-state index in [-0.39, 0.29) is 12.6 Å². The number of rotatable bonds is 6.